The van der Waals surface area contributed by atoms with Crippen molar-refractivity contribution < 1.29 is 14.1 Å². The van der Waals surface area contributed by atoms with Gasteiger partial charge in [0, 0.05) is 0 Å². The molecule has 0 N–H and O–H groups in total. The molecule has 0 spiro atoms. The molecule has 1 aromatic carbocycles. The van der Waals surface area contributed by atoms with Crippen LogP contribution in [0.15, 0.2) is 35.3 Å². The highest BCUT2D eigenvalue weighted by Crippen LogP contribution is 2.65. The summed E-state index contributed by atoms with van der Waals surface area (Å²) in [5.74, 6) is 0.883. The lowest BCUT2D eigenvalue weighted by Crippen LogP contribution is -2.65. The molecule has 5 atom stereocenters. The molecule has 5 heteroatoms. The zero-order valence-corrected chi connectivity index (χ0v) is 14.6. The van der Waals surface area contributed by atoms with Gasteiger partial charge in [-0.2, -0.15) is 0 Å². The van der Waals surface area contributed by atoms with Crippen LogP contribution in [0, 0.1) is 17.3 Å². The van der Waals surface area contributed by atoms with E-state index < -0.39 is 7.12 Å². The minimum Gasteiger partial charge on any atom is -0.404 e. The Bertz CT molecular complexity index is 672. The number of hydrogen-bond acceptors (Lipinski definition) is 4. The molecule has 1 aliphatic heterocycles. The van der Waals surface area contributed by atoms with Gasteiger partial charge >= 0.3 is 7.12 Å². The lowest BCUT2D eigenvalue weighted by molar-refractivity contribution is -0.199. The quantitative estimate of drug-likeness (QED) is 0.485. The molecule has 4 aliphatic rings. The number of carbonyl (C=O) groups excluding carboxylic acids is 1. The maximum atomic E-state index is 10.9. The average molecular weight is 325 g/mol. The zero-order valence-electron chi connectivity index (χ0n) is 14.6. The van der Waals surface area contributed by atoms with E-state index in [1.807, 2.05) is 30.3 Å². The molecule has 1 saturated heterocycles. The van der Waals surface area contributed by atoms with E-state index in [2.05, 4.69) is 25.8 Å². The molecule has 4 fully saturated rings. The van der Waals surface area contributed by atoms with E-state index in [4.69, 9.17) is 9.31 Å². The van der Waals surface area contributed by atoms with Crippen molar-refractivity contribution in [3.63, 3.8) is 0 Å². The Morgan fingerprint density at radius 1 is 1.29 bits per heavy atom. The van der Waals surface area contributed by atoms with Gasteiger partial charge in [-0.3, -0.25) is 0 Å². The second kappa shape index (κ2) is 5.55. The molecular weight excluding hydrogens is 301 g/mol. The predicted molar refractivity (Wildman–Crippen MR) is 92.2 cm³/mol. The van der Waals surface area contributed by atoms with Gasteiger partial charge in [-0.1, -0.05) is 44.2 Å². The number of benzene rings is 1. The summed E-state index contributed by atoms with van der Waals surface area (Å²) in [6.45, 7) is 6.87. The Labute approximate surface area is 143 Å². The normalized spacial score (nSPS) is 37.1. The fraction of sp³-hybridized carbons (Fsp3) is 0.632. The molecule has 3 saturated carbocycles. The van der Waals surface area contributed by atoms with Gasteiger partial charge in [-0.15, -0.1) is 0 Å². The number of rotatable bonds is 4. The molecule has 5 rings (SSSR count). The molecule has 1 aromatic rings. The van der Waals surface area contributed by atoms with E-state index in [1.165, 1.54) is 6.42 Å². The van der Waals surface area contributed by atoms with Crippen LogP contribution in [0.1, 0.15) is 39.2 Å². The molecule has 2 bridgehead atoms. The van der Waals surface area contributed by atoms with Crippen molar-refractivity contribution in [2.75, 3.05) is 0 Å². The highest BCUT2D eigenvalue weighted by Gasteiger charge is 2.68. The fourth-order valence-electron chi connectivity index (χ4n) is 5.19. The Morgan fingerprint density at radius 3 is 2.71 bits per heavy atom. The molecule has 0 aromatic heterocycles. The zero-order chi connectivity index (χ0) is 16.9. The van der Waals surface area contributed by atoms with Crippen molar-refractivity contribution in [3.05, 3.63) is 35.9 Å². The monoisotopic (exact) mass is 325 g/mol. The summed E-state index contributed by atoms with van der Waals surface area (Å²) in [4.78, 5) is 14.9. The molecule has 24 heavy (non-hydrogen) atoms. The fourth-order valence-corrected chi connectivity index (χ4v) is 5.19. The van der Waals surface area contributed by atoms with Crippen LogP contribution in [0.5, 0.6) is 0 Å². The Morgan fingerprint density at radius 2 is 2.04 bits per heavy atom. The number of hydrogen-bond donors (Lipinski definition) is 0. The largest absolute Gasteiger partial charge is 0.485 e. The van der Waals surface area contributed by atoms with Gasteiger partial charge < -0.3 is 9.31 Å². The van der Waals surface area contributed by atoms with Crippen LogP contribution in [0.25, 0.3) is 0 Å². The third-order valence-corrected chi connectivity index (χ3v) is 6.79. The lowest BCUT2D eigenvalue weighted by atomic mass is 9.43. The van der Waals surface area contributed by atoms with Crippen molar-refractivity contribution in [1.29, 1.82) is 0 Å². The molecule has 126 valence electrons. The molecule has 4 nitrogen and oxygen atoms in total. The Kier molecular flexibility index (Phi) is 3.72. The van der Waals surface area contributed by atoms with E-state index in [9.17, 15) is 4.79 Å². The highest BCUT2D eigenvalue weighted by atomic mass is 16.7. The van der Waals surface area contributed by atoms with Gasteiger partial charge in [-0.25, -0.2) is 9.79 Å². The molecule has 0 amide bonds. The van der Waals surface area contributed by atoms with Crippen LogP contribution in [0.4, 0.5) is 0 Å². The standard InChI is InChI=1S/C19H24BNO3/c1-18(2)14-10-15(18)19(3)16(11-14)23-20(24-19)17(21-12-22)9-13-7-5-4-6-8-13/h4-8,14-17H,9-11H2,1-3H3/t14-,15-,16+,17?,19-/m0/s1. The first-order chi connectivity index (χ1) is 11.4. The number of isocyanates is 1. The maximum absolute atomic E-state index is 10.9. The Balaban J connectivity index is 1.55. The molecule has 0 radical (unpaired) electrons. The van der Waals surface area contributed by atoms with Gasteiger partial charge in [0.25, 0.3) is 0 Å². The van der Waals surface area contributed by atoms with E-state index in [0.717, 1.165) is 12.0 Å². The average Bonchev–Trinajstić information content (AvgIpc) is 2.92. The summed E-state index contributed by atoms with van der Waals surface area (Å²) < 4.78 is 12.7. The van der Waals surface area contributed by atoms with E-state index in [0.29, 0.717) is 23.7 Å². The topological polar surface area (TPSA) is 47.9 Å². The molecular formula is C19H24BNO3. The maximum Gasteiger partial charge on any atom is 0.485 e. The van der Waals surface area contributed by atoms with Crippen molar-refractivity contribution in [1.82, 2.24) is 0 Å². The molecule has 1 unspecified atom stereocenters. The van der Waals surface area contributed by atoms with Crippen molar-refractivity contribution in [3.8, 4) is 0 Å². The van der Waals surface area contributed by atoms with E-state index >= 15 is 0 Å². The molecule has 3 aliphatic carbocycles. The van der Waals surface area contributed by atoms with Crippen molar-refractivity contribution in [2.24, 2.45) is 22.2 Å². The lowest BCUT2D eigenvalue weighted by Gasteiger charge is -2.64. The predicted octanol–water partition coefficient (Wildman–Crippen LogP) is 3.20. The van der Waals surface area contributed by atoms with Crippen LogP contribution in [-0.4, -0.2) is 30.8 Å². The Hall–Kier alpha value is -1.42. The summed E-state index contributed by atoms with van der Waals surface area (Å²) in [5.41, 5.74) is 1.17. The SMILES string of the molecule is CC1(C)[C@@H]2C[C@H]3OB(C(Cc4ccccc4)N=C=O)O[C@@]3(C)[C@H]1C2. The van der Waals surface area contributed by atoms with Gasteiger partial charge in [0.2, 0.25) is 6.08 Å². The van der Waals surface area contributed by atoms with Gasteiger partial charge in [0.15, 0.2) is 0 Å². The van der Waals surface area contributed by atoms with Crippen LogP contribution in [0.3, 0.4) is 0 Å². The van der Waals surface area contributed by atoms with Crippen molar-refractivity contribution in [2.45, 2.75) is 57.7 Å². The highest BCUT2D eigenvalue weighted by molar-refractivity contribution is 6.47. The minimum atomic E-state index is -0.461. The third kappa shape index (κ3) is 2.30. The van der Waals surface area contributed by atoms with Gasteiger partial charge in [0.05, 0.1) is 11.7 Å². The van der Waals surface area contributed by atoms with Gasteiger partial charge in [-0.05, 0) is 49.0 Å². The van der Waals surface area contributed by atoms with Crippen LogP contribution < -0.4 is 0 Å². The van der Waals surface area contributed by atoms with Crippen LogP contribution >= 0.6 is 0 Å². The second-order valence-electron chi connectivity index (χ2n) is 8.31. The van der Waals surface area contributed by atoms with Crippen LogP contribution in [0.2, 0.25) is 0 Å². The smallest absolute Gasteiger partial charge is 0.404 e. The summed E-state index contributed by atoms with van der Waals surface area (Å²) in [6.07, 6.45) is 4.71. The summed E-state index contributed by atoms with van der Waals surface area (Å²) in [7, 11) is -0.461. The molecule has 1 heterocycles. The summed E-state index contributed by atoms with van der Waals surface area (Å²) in [5, 5.41) is 0. The van der Waals surface area contributed by atoms with E-state index in [-0.39, 0.29) is 17.6 Å². The minimum absolute atomic E-state index is 0.111. The summed E-state index contributed by atoms with van der Waals surface area (Å²) in [6, 6.07) is 10.0. The van der Waals surface area contributed by atoms with Crippen molar-refractivity contribution >= 4 is 13.2 Å². The first kappa shape index (κ1) is 16.1. The third-order valence-electron chi connectivity index (χ3n) is 6.79. The first-order valence-electron chi connectivity index (χ1n) is 8.89. The number of aliphatic imine (C=N–C) groups is 1. The second-order valence-corrected chi connectivity index (χ2v) is 8.31. The van der Waals surface area contributed by atoms with E-state index in [1.54, 1.807) is 6.08 Å². The number of nitrogens with zero attached hydrogens (tertiary/aromatic N) is 1. The van der Waals surface area contributed by atoms with Gasteiger partial charge in [0.1, 0.15) is 5.94 Å². The first-order valence-corrected chi connectivity index (χ1v) is 8.89. The van der Waals surface area contributed by atoms with Crippen LogP contribution in [-0.2, 0) is 20.5 Å². The summed E-state index contributed by atoms with van der Waals surface area (Å²) >= 11 is 0.